The number of thioether (sulfide) groups is 1. The van der Waals surface area contributed by atoms with Crippen molar-refractivity contribution < 1.29 is 4.79 Å². The second-order valence-corrected chi connectivity index (χ2v) is 10.5. The van der Waals surface area contributed by atoms with Crippen molar-refractivity contribution in [2.75, 3.05) is 11.1 Å². The Balaban J connectivity index is 1.62. The molecular weight excluding hydrogens is 588 g/mol. The number of carbonyl (C=O) groups excluding carboxylic acids is 1. The summed E-state index contributed by atoms with van der Waals surface area (Å²) in [7, 11) is 0. The molecule has 0 fully saturated rings. The third-order valence-corrected chi connectivity index (χ3v) is 7.33. The minimum absolute atomic E-state index is 0.150. The maximum Gasteiger partial charge on any atom is 0.234 e. The van der Waals surface area contributed by atoms with Crippen molar-refractivity contribution in [1.82, 2.24) is 14.8 Å². The molecule has 0 atom stereocenters. The van der Waals surface area contributed by atoms with Crippen LogP contribution in [0.5, 0.6) is 0 Å². The fourth-order valence-electron chi connectivity index (χ4n) is 3.23. The molecule has 0 radical (unpaired) electrons. The number of amides is 1. The summed E-state index contributed by atoms with van der Waals surface area (Å²) >= 11 is 14.8. The van der Waals surface area contributed by atoms with Crippen LogP contribution in [0.1, 0.15) is 11.1 Å². The Morgan fingerprint density at radius 1 is 1.00 bits per heavy atom. The number of nitrogens with zero attached hydrogens (tertiary/aromatic N) is 3. The van der Waals surface area contributed by atoms with Gasteiger partial charge in [0.2, 0.25) is 5.91 Å². The minimum Gasteiger partial charge on any atom is -0.323 e. The number of anilines is 1. The van der Waals surface area contributed by atoms with Gasteiger partial charge in [0, 0.05) is 20.2 Å². The number of benzene rings is 3. The number of rotatable bonds is 6. The van der Waals surface area contributed by atoms with E-state index >= 15 is 0 Å². The largest absolute Gasteiger partial charge is 0.323 e. The lowest BCUT2D eigenvalue weighted by Crippen LogP contribution is -2.15. The molecule has 0 saturated heterocycles. The third-order valence-electron chi connectivity index (χ3n) is 4.82. The molecule has 0 aliphatic carbocycles. The Morgan fingerprint density at radius 3 is 2.33 bits per heavy atom. The lowest BCUT2D eigenvalue weighted by atomic mass is 10.2. The molecule has 1 amide bonds. The van der Waals surface area contributed by atoms with Gasteiger partial charge in [0.15, 0.2) is 11.0 Å². The highest BCUT2D eigenvalue weighted by Crippen LogP contribution is 2.34. The number of aromatic nitrogens is 3. The zero-order valence-corrected chi connectivity index (χ0v) is 22.5. The van der Waals surface area contributed by atoms with E-state index < -0.39 is 0 Å². The fraction of sp³-hybridized carbons (Fsp3) is 0.125. The van der Waals surface area contributed by atoms with Crippen LogP contribution in [0.25, 0.3) is 17.1 Å². The highest BCUT2D eigenvalue weighted by molar-refractivity contribution is 9.11. The molecule has 4 aromatic rings. The van der Waals surface area contributed by atoms with Crippen molar-refractivity contribution >= 4 is 66.8 Å². The molecule has 1 heterocycles. The van der Waals surface area contributed by atoms with E-state index in [2.05, 4.69) is 47.4 Å². The Labute approximate surface area is 218 Å². The van der Waals surface area contributed by atoms with E-state index in [0.717, 1.165) is 31.3 Å². The van der Waals surface area contributed by atoms with Crippen LogP contribution in [0.4, 0.5) is 5.69 Å². The first-order chi connectivity index (χ1) is 15.8. The molecule has 9 heteroatoms. The van der Waals surface area contributed by atoms with Gasteiger partial charge in [0.1, 0.15) is 0 Å². The molecular formula is C24H19Br2ClN4OS. The number of hydrogen-bond donors (Lipinski definition) is 1. The zero-order chi connectivity index (χ0) is 23.5. The van der Waals surface area contributed by atoms with E-state index in [-0.39, 0.29) is 11.7 Å². The molecule has 0 aliphatic rings. The Kier molecular flexibility index (Phi) is 7.58. The van der Waals surface area contributed by atoms with Crippen LogP contribution in [-0.2, 0) is 4.79 Å². The second kappa shape index (κ2) is 10.4. The van der Waals surface area contributed by atoms with Gasteiger partial charge in [-0.2, -0.15) is 0 Å². The highest BCUT2D eigenvalue weighted by Gasteiger charge is 2.19. The zero-order valence-electron chi connectivity index (χ0n) is 17.8. The van der Waals surface area contributed by atoms with Gasteiger partial charge < -0.3 is 5.32 Å². The van der Waals surface area contributed by atoms with Crippen LogP contribution in [0.15, 0.2) is 74.8 Å². The van der Waals surface area contributed by atoms with E-state index in [1.54, 1.807) is 0 Å². The van der Waals surface area contributed by atoms with Crippen molar-refractivity contribution in [1.29, 1.82) is 0 Å². The average Bonchev–Trinajstić information content (AvgIpc) is 3.19. The van der Waals surface area contributed by atoms with Gasteiger partial charge in [-0.05, 0) is 87.7 Å². The number of aryl methyl sites for hydroxylation is 2. The van der Waals surface area contributed by atoms with E-state index in [9.17, 15) is 4.79 Å². The molecule has 3 aromatic carbocycles. The summed E-state index contributed by atoms with van der Waals surface area (Å²) in [4.78, 5) is 12.7. The highest BCUT2D eigenvalue weighted by atomic mass is 79.9. The van der Waals surface area contributed by atoms with Crippen LogP contribution in [0.3, 0.4) is 0 Å². The first-order valence-electron chi connectivity index (χ1n) is 9.99. The van der Waals surface area contributed by atoms with Crippen LogP contribution in [0, 0.1) is 13.8 Å². The lowest BCUT2D eigenvalue weighted by Gasteiger charge is -2.12. The molecule has 4 rings (SSSR count). The Morgan fingerprint density at radius 2 is 1.67 bits per heavy atom. The minimum atomic E-state index is -0.150. The van der Waals surface area contributed by atoms with Gasteiger partial charge in [-0.3, -0.25) is 9.36 Å². The SMILES string of the molecule is Cc1ccc(-n2c(SCC(=O)Nc3c(Br)cc(C)cc3Br)nnc2-c2ccccc2Cl)cc1. The van der Waals surface area contributed by atoms with Crippen molar-refractivity contribution in [2.24, 2.45) is 0 Å². The quantitative estimate of drug-likeness (QED) is 0.232. The summed E-state index contributed by atoms with van der Waals surface area (Å²) in [6.07, 6.45) is 0. The van der Waals surface area contributed by atoms with Crippen molar-refractivity contribution in [3.05, 3.63) is 85.8 Å². The van der Waals surface area contributed by atoms with Gasteiger partial charge in [0.05, 0.1) is 16.5 Å². The van der Waals surface area contributed by atoms with Crippen molar-refractivity contribution in [3.8, 4) is 17.1 Å². The molecule has 1 N–H and O–H groups in total. The topological polar surface area (TPSA) is 59.8 Å². The van der Waals surface area contributed by atoms with E-state index in [1.165, 1.54) is 11.8 Å². The van der Waals surface area contributed by atoms with Gasteiger partial charge in [0.25, 0.3) is 0 Å². The maximum atomic E-state index is 12.7. The predicted octanol–water partition coefficient (Wildman–Crippen LogP) is 7.46. The van der Waals surface area contributed by atoms with Crippen LogP contribution < -0.4 is 5.32 Å². The summed E-state index contributed by atoms with van der Waals surface area (Å²) in [6, 6.07) is 19.5. The Bertz CT molecular complexity index is 1300. The van der Waals surface area contributed by atoms with Crippen LogP contribution in [0.2, 0.25) is 5.02 Å². The first kappa shape index (κ1) is 24.0. The van der Waals surface area contributed by atoms with Gasteiger partial charge in [-0.25, -0.2) is 0 Å². The molecule has 168 valence electrons. The van der Waals surface area contributed by atoms with Crippen molar-refractivity contribution in [2.45, 2.75) is 19.0 Å². The average molecular weight is 607 g/mol. The van der Waals surface area contributed by atoms with E-state index in [4.69, 9.17) is 11.6 Å². The Hall–Kier alpha value is -2.13. The molecule has 0 unspecified atom stereocenters. The van der Waals surface area contributed by atoms with E-state index in [1.807, 2.05) is 79.1 Å². The summed E-state index contributed by atoms with van der Waals surface area (Å²) in [6.45, 7) is 4.03. The molecule has 0 spiro atoms. The number of hydrogen-bond acceptors (Lipinski definition) is 4. The monoisotopic (exact) mass is 604 g/mol. The van der Waals surface area contributed by atoms with Gasteiger partial charge in [-0.1, -0.05) is 53.2 Å². The smallest absolute Gasteiger partial charge is 0.234 e. The predicted molar refractivity (Wildman–Crippen MR) is 142 cm³/mol. The third kappa shape index (κ3) is 5.51. The second-order valence-electron chi connectivity index (χ2n) is 7.40. The summed E-state index contributed by atoms with van der Waals surface area (Å²) in [5.74, 6) is 0.638. The fourth-order valence-corrected chi connectivity index (χ4v) is 5.82. The first-order valence-corrected chi connectivity index (χ1v) is 12.9. The number of halogens is 3. The van der Waals surface area contributed by atoms with Crippen molar-refractivity contribution in [3.63, 3.8) is 0 Å². The summed E-state index contributed by atoms with van der Waals surface area (Å²) in [5, 5.41) is 12.9. The van der Waals surface area contributed by atoms with Crippen LogP contribution in [-0.4, -0.2) is 26.4 Å². The van der Waals surface area contributed by atoms with Gasteiger partial charge in [-0.15, -0.1) is 10.2 Å². The molecule has 1 aromatic heterocycles. The van der Waals surface area contributed by atoms with Gasteiger partial charge >= 0.3 is 0 Å². The maximum absolute atomic E-state index is 12.7. The molecule has 0 bridgehead atoms. The number of nitrogens with one attached hydrogen (secondary N) is 1. The number of carbonyl (C=O) groups is 1. The molecule has 0 saturated carbocycles. The summed E-state index contributed by atoms with van der Waals surface area (Å²) < 4.78 is 3.56. The van der Waals surface area contributed by atoms with E-state index in [0.29, 0.717) is 21.7 Å². The normalized spacial score (nSPS) is 10.9. The molecule has 33 heavy (non-hydrogen) atoms. The van der Waals surface area contributed by atoms with Crippen LogP contribution >= 0.6 is 55.2 Å². The summed E-state index contributed by atoms with van der Waals surface area (Å²) in [5.41, 5.74) is 4.60. The molecule has 0 aliphatic heterocycles. The standard InChI is InChI=1S/C24H19Br2ClN4OS/c1-14-7-9-16(10-8-14)31-23(17-5-3-4-6-20(17)27)29-30-24(31)33-13-21(32)28-22-18(25)11-15(2)12-19(22)26/h3-12H,13H2,1-2H3,(H,28,32). The molecule has 5 nitrogen and oxygen atoms in total. The lowest BCUT2D eigenvalue weighted by molar-refractivity contribution is -0.113.